The summed E-state index contributed by atoms with van der Waals surface area (Å²) in [6.45, 7) is 5.25. The van der Waals surface area contributed by atoms with Gasteiger partial charge in [-0.25, -0.2) is 4.98 Å². The SMILES string of the molecule is Cc1n[nH]c(C)c1-n1ccnc1-c1ccc(OCC(=O)NCC2CCCO2)cc1. The van der Waals surface area contributed by atoms with Crippen molar-refractivity contribution in [2.45, 2.75) is 32.8 Å². The van der Waals surface area contributed by atoms with Crippen LogP contribution in [0.1, 0.15) is 24.2 Å². The molecule has 3 heterocycles. The molecule has 0 spiro atoms. The minimum absolute atomic E-state index is 0.0197. The van der Waals surface area contributed by atoms with Crippen molar-refractivity contribution in [1.29, 1.82) is 0 Å². The van der Waals surface area contributed by atoms with E-state index in [1.54, 1.807) is 6.20 Å². The molecule has 8 nitrogen and oxygen atoms in total. The van der Waals surface area contributed by atoms with E-state index in [1.165, 1.54) is 0 Å². The first kappa shape index (κ1) is 19.2. The van der Waals surface area contributed by atoms with E-state index >= 15 is 0 Å². The summed E-state index contributed by atoms with van der Waals surface area (Å²) in [5, 5.41) is 10.1. The van der Waals surface area contributed by atoms with Gasteiger partial charge in [0.25, 0.3) is 5.91 Å². The number of nitrogens with zero attached hydrogens (tertiary/aromatic N) is 3. The molecular formula is C21H25N5O3. The van der Waals surface area contributed by atoms with E-state index in [-0.39, 0.29) is 18.6 Å². The maximum Gasteiger partial charge on any atom is 0.258 e. The zero-order valence-corrected chi connectivity index (χ0v) is 16.6. The van der Waals surface area contributed by atoms with Crippen LogP contribution in [0.5, 0.6) is 5.75 Å². The van der Waals surface area contributed by atoms with Gasteiger partial charge in [0.2, 0.25) is 0 Å². The minimum Gasteiger partial charge on any atom is -0.484 e. The summed E-state index contributed by atoms with van der Waals surface area (Å²) in [7, 11) is 0. The zero-order chi connectivity index (χ0) is 20.2. The van der Waals surface area contributed by atoms with Gasteiger partial charge in [-0.3, -0.25) is 14.5 Å². The number of imidazole rings is 1. The van der Waals surface area contributed by atoms with Gasteiger partial charge in [0.15, 0.2) is 6.61 Å². The molecule has 1 aliphatic heterocycles. The highest BCUT2D eigenvalue weighted by molar-refractivity contribution is 5.77. The molecule has 1 saturated heterocycles. The topological polar surface area (TPSA) is 94.1 Å². The van der Waals surface area contributed by atoms with Crippen LogP contribution in [0.2, 0.25) is 0 Å². The van der Waals surface area contributed by atoms with Crippen LogP contribution >= 0.6 is 0 Å². The fourth-order valence-electron chi connectivity index (χ4n) is 3.53. The molecule has 29 heavy (non-hydrogen) atoms. The van der Waals surface area contributed by atoms with Gasteiger partial charge in [0, 0.05) is 31.1 Å². The standard InChI is InChI=1S/C21H25N5O3/c1-14-20(15(2)25-24-14)26-10-9-22-21(26)16-5-7-17(8-6-16)29-13-19(27)23-12-18-4-3-11-28-18/h5-10,18H,3-4,11-13H2,1-2H3,(H,23,27)(H,24,25). The first-order chi connectivity index (χ1) is 14.1. The van der Waals surface area contributed by atoms with Crippen molar-refractivity contribution in [3.63, 3.8) is 0 Å². The summed E-state index contributed by atoms with van der Waals surface area (Å²) < 4.78 is 13.1. The number of H-pyrrole nitrogens is 1. The van der Waals surface area contributed by atoms with Crippen LogP contribution in [-0.2, 0) is 9.53 Å². The molecular weight excluding hydrogens is 370 g/mol. The second kappa shape index (κ2) is 8.48. The average molecular weight is 395 g/mol. The van der Waals surface area contributed by atoms with Crippen LogP contribution in [0.25, 0.3) is 17.1 Å². The van der Waals surface area contributed by atoms with Gasteiger partial charge >= 0.3 is 0 Å². The molecule has 4 rings (SSSR count). The quantitative estimate of drug-likeness (QED) is 0.641. The fourth-order valence-corrected chi connectivity index (χ4v) is 3.53. The third-order valence-corrected chi connectivity index (χ3v) is 5.00. The van der Waals surface area contributed by atoms with Crippen molar-refractivity contribution in [3.05, 3.63) is 48.0 Å². The number of carbonyl (C=O) groups excluding carboxylic acids is 1. The van der Waals surface area contributed by atoms with Crippen molar-refractivity contribution in [1.82, 2.24) is 25.1 Å². The molecule has 8 heteroatoms. The summed E-state index contributed by atoms with van der Waals surface area (Å²) in [6.07, 6.45) is 5.87. The van der Waals surface area contributed by atoms with E-state index in [2.05, 4.69) is 20.5 Å². The number of aromatic amines is 1. The Labute approximate surface area is 169 Å². The van der Waals surface area contributed by atoms with E-state index in [0.717, 1.165) is 47.9 Å². The molecule has 152 valence electrons. The van der Waals surface area contributed by atoms with Crippen LogP contribution in [0.4, 0.5) is 0 Å². The average Bonchev–Trinajstić information content (AvgIpc) is 3.47. The highest BCUT2D eigenvalue weighted by Gasteiger charge is 2.17. The first-order valence-corrected chi connectivity index (χ1v) is 9.78. The molecule has 1 fully saturated rings. The second-order valence-electron chi connectivity index (χ2n) is 7.16. The Bertz CT molecular complexity index is 951. The number of aromatic nitrogens is 4. The molecule has 1 amide bonds. The zero-order valence-electron chi connectivity index (χ0n) is 16.6. The largest absolute Gasteiger partial charge is 0.484 e. The van der Waals surface area contributed by atoms with Gasteiger partial charge in [0.1, 0.15) is 11.6 Å². The van der Waals surface area contributed by atoms with Gasteiger partial charge in [-0.2, -0.15) is 5.10 Å². The lowest BCUT2D eigenvalue weighted by Gasteiger charge is -2.12. The first-order valence-electron chi connectivity index (χ1n) is 9.78. The number of aryl methyl sites for hydroxylation is 2. The van der Waals surface area contributed by atoms with Gasteiger partial charge in [0.05, 0.1) is 23.2 Å². The number of hydrogen-bond donors (Lipinski definition) is 2. The normalized spacial score (nSPS) is 16.1. The number of rotatable bonds is 7. The predicted octanol–water partition coefficient (Wildman–Crippen LogP) is 2.55. The van der Waals surface area contributed by atoms with Crippen molar-refractivity contribution >= 4 is 5.91 Å². The number of hydrogen-bond acceptors (Lipinski definition) is 5. The number of amides is 1. The van der Waals surface area contributed by atoms with Gasteiger partial charge in [-0.05, 0) is 51.0 Å². The maximum absolute atomic E-state index is 12.0. The summed E-state index contributed by atoms with van der Waals surface area (Å²) in [4.78, 5) is 16.4. The summed E-state index contributed by atoms with van der Waals surface area (Å²) in [5.41, 5.74) is 3.84. The molecule has 1 aliphatic rings. The van der Waals surface area contributed by atoms with Crippen LogP contribution in [0.3, 0.4) is 0 Å². The van der Waals surface area contributed by atoms with E-state index < -0.39 is 0 Å². The second-order valence-corrected chi connectivity index (χ2v) is 7.16. The van der Waals surface area contributed by atoms with Crippen LogP contribution in [0, 0.1) is 13.8 Å². The van der Waals surface area contributed by atoms with E-state index in [9.17, 15) is 4.79 Å². The fraction of sp³-hybridized carbons (Fsp3) is 0.381. The Morgan fingerprint density at radius 3 is 2.86 bits per heavy atom. The summed E-state index contributed by atoms with van der Waals surface area (Å²) in [5.74, 6) is 1.30. The van der Waals surface area contributed by atoms with Gasteiger partial charge < -0.3 is 14.8 Å². The maximum atomic E-state index is 12.0. The van der Waals surface area contributed by atoms with E-state index in [0.29, 0.717) is 12.3 Å². The van der Waals surface area contributed by atoms with Gasteiger partial charge in [-0.1, -0.05) is 0 Å². The third-order valence-electron chi connectivity index (χ3n) is 5.00. The predicted molar refractivity (Wildman–Crippen MR) is 108 cm³/mol. The van der Waals surface area contributed by atoms with Crippen molar-refractivity contribution < 1.29 is 14.3 Å². The van der Waals surface area contributed by atoms with Crippen LogP contribution in [-0.4, -0.2) is 51.5 Å². The molecule has 3 aromatic rings. The molecule has 2 N–H and O–H groups in total. The number of ether oxygens (including phenoxy) is 2. The lowest BCUT2D eigenvalue weighted by molar-refractivity contribution is -0.123. The number of carbonyl (C=O) groups is 1. The van der Waals surface area contributed by atoms with Crippen molar-refractivity contribution in [3.8, 4) is 22.8 Å². The van der Waals surface area contributed by atoms with E-state index in [4.69, 9.17) is 9.47 Å². The monoisotopic (exact) mass is 395 g/mol. The Balaban J connectivity index is 1.38. The minimum atomic E-state index is -0.147. The Morgan fingerprint density at radius 1 is 1.34 bits per heavy atom. The molecule has 0 bridgehead atoms. The van der Waals surface area contributed by atoms with Gasteiger partial charge in [-0.15, -0.1) is 0 Å². The summed E-state index contributed by atoms with van der Waals surface area (Å²) >= 11 is 0. The lowest BCUT2D eigenvalue weighted by Crippen LogP contribution is -2.35. The summed E-state index contributed by atoms with van der Waals surface area (Å²) in [6, 6.07) is 7.56. The molecule has 1 aromatic carbocycles. The Hall–Kier alpha value is -3.13. The lowest BCUT2D eigenvalue weighted by atomic mass is 10.2. The third kappa shape index (κ3) is 4.32. The van der Waals surface area contributed by atoms with Crippen LogP contribution in [0.15, 0.2) is 36.7 Å². The van der Waals surface area contributed by atoms with Crippen LogP contribution < -0.4 is 10.1 Å². The van der Waals surface area contributed by atoms with Crippen molar-refractivity contribution in [2.75, 3.05) is 19.8 Å². The molecule has 0 radical (unpaired) electrons. The highest BCUT2D eigenvalue weighted by Crippen LogP contribution is 2.26. The molecule has 0 saturated carbocycles. The highest BCUT2D eigenvalue weighted by atomic mass is 16.5. The van der Waals surface area contributed by atoms with Crippen molar-refractivity contribution in [2.24, 2.45) is 0 Å². The Morgan fingerprint density at radius 2 is 2.17 bits per heavy atom. The molecule has 2 aromatic heterocycles. The Kier molecular flexibility index (Phi) is 5.62. The smallest absolute Gasteiger partial charge is 0.258 e. The number of nitrogens with one attached hydrogen (secondary N) is 2. The molecule has 0 aliphatic carbocycles. The molecule has 1 unspecified atom stereocenters. The molecule has 1 atom stereocenters. The number of benzene rings is 1. The van der Waals surface area contributed by atoms with E-state index in [1.807, 2.05) is 48.9 Å².